The van der Waals surface area contributed by atoms with Crippen molar-refractivity contribution in [3.63, 3.8) is 0 Å². The summed E-state index contributed by atoms with van der Waals surface area (Å²) < 4.78 is 10.1. The van der Waals surface area contributed by atoms with E-state index >= 15 is 0 Å². The predicted octanol–water partition coefficient (Wildman–Crippen LogP) is 1.53. The number of nitrogens with two attached hydrogens (primary N) is 1. The van der Waals surface area contributed by atoms with Crippen molar-refractivity contribution < 1.29 is 23.5 Å². The Labute approximate surface area is 144 Å². The number of hydrogen-bond donors (Lipinski definition) is 3. The second-order valence-corrected chi connectivity index (χ2v) is 5.20. The number of carbonyl (C=O) groups excluding carboxylic acids is 3. The summed E-state index contributed by atoms with van der Waals surface area (Å²) in [6, 6.07) is 5.23. The number of rotatable bonds is 7. The highest BCUT2D eigenvalue weighted by Gasteiger charge is 2.19. The summed E-state index contributed by atoms with van der Waals surface area (Å²) >= 11 is 0. The van der Waals surface area contributed by atoms with Crippen LogP contribution in [0.2, 0.25) is 0 Å². The van der Waals surface area contributed by atoms with E-state index in [1.54, 1.807) is 6.07 Å². The molecule has 25 heavy (non-hydrogen) atoms. The average molecular weight is 345 g/mol. The largest absolute Gasteiger partial charge is 0.494 e. The van der Waals surface area contributed by atoms with Crippen molar-refractivity contribution in [3.05, 3.63) is 47.9 Å². The van der Waals surface area contributed by atoms with E-state index in [0.717, 1.165) is 0 Å². The van der Waals surface area contributed by atoms with E-state index in [0.29, 0.717) is 17.9 Å². The summed E-state index contributed by atoms with van der Waals surface area (Å²) in [6.07, 6.45) is 2.64. The lowest BCUT2D eigenvalue weighted by Gasteiger charge is -2.15. The molecule has 8 nitrogen and oxygen atoms in total. The molecule has 0 spiro atoms. The van der Waals surface area contributed by atoms with Crippen molar-refractivity contribution in [1.82, 2.24) is 5.32 Å². The quantitative estimate of drug-likeness (QED) is 0.702. The molecule has 0 saturated heterocycles. The lowest BCUT2D eigenvalue weighted by atomic mass is 10.1. The van der Waals surface area contributed by atoms with E-state index < -0.39 is 23.8 Å². The van der Waals surface area contributed by atoms with Crippen LogP contribution in [0.15, 0.2) is 41.2 Å². The Morgan fingerprint density at radius 3 is 2.64 bits per heavy atom. The molecule has 0 radical (unpaired) electrons. The van der Waals surface area contributed by atoms with Gasteiger partial charge in [0.2, 0.25) is 5.91 Å². The van der Waals surface area contributed by atoms with Crippen LogP contribution >= 0.6 is 0 Å². The van der Waals surface area contributed by atoms with Gasteiger partial charge in [-0.1, -0.05) is 0 Å². The van der Waals surface area contributed by atoms with Gasteiger partial charge in [0.05, 0.1) is 29.7 Å². The lowest BCUT2D eigenvalue weighted by molar-refractivity contribution is -0.117. The first-order valence-electron chi connectivity index (χ1n) is 7.63. The summed E-state index contributed by atoms with van der Waals surface area (Å²) in [5.74, 6) is -1.18. The van der Waals surface area contributed by atoms with Gasteiger partial charge in [0.25, 0.3) is 11.8 Å². The van der Waals surface area contributed by atoms with Gasteiger partial charge in [-0.05, 0) is 38.1 Å². The third-order valence-electron chi connectivity index (χ3n) is 3.35. The topological polar surface area (TPSA) is 124 Å². The van der Waals surface area contributed by atoms with E-state index in [9.17, 15) is 14.4 Å². The van der Waals surface area contributed by atoms with Crippen LogP contribution < -0.4 is 21.1 Å². The minimum absolute atomic E-state index is 0.118. The van der Waals surface area contributed by atoms with E-state index in [4.69, 9.17) is 14.9 Å². The number of amides is 3. The molecule has 1 aromatic carbocycles. The number of hydrogen-bond acceptors (Lipinski definition) is 5. The molecule has 1 aromatic heterocycles. The van der Waals surface area contributed by atoms with Gasteiger partial charge in [0, 0.05) is 0 Å². The summed E-state index contributed by atoms with van der Waals surface area (Å²) in [7, 11) is 0. The van der Waals surface area contributed by atoms with Crippen LogP contribution in [0.5, 0.6) is 5.75 Å². The Hall–Kier alpha value is -3.29. The van der Waals surface area contributed by atoms with Gasteiger partial charge in [-0.3, -0.25) is 14.4 Å². The van der Waals surface area contributed by atoms with Crippen molar-refractivity contribution in [2.45, 2.75) is 19.9 Å². The Morgan fingerprint density at radius 2 is 2.04 bits per heavy atom. The fourth-order valence-electron chi connectivity index (χ4n) is 2.07. The van der Waals surface area contributed by atoms with E-state index in [1.807, 2.05) is 6.92 Å². The molecule has 0 aliphatic rings. The minimum atomic E-state index is -0.838. The Morgan fingerprint density at radius 1 is 1.28 bits per heavy atom. The van der Waals surface area contributed by atoms with Crippen molar-refractivity contribution in [2.24, 2.45) is 5.73 Å². The highest BCUT2D eigenvalue weighted by atomic mass is 16.5. The average Bonchev–Trinajstić information content (AvgIpc) is 3.10. The van der Waals surface area contributed by atoms with Crippen LogP contribution in [0, 0.1) is 0 Å². The van der Waals surface area contributed by atoms with Crippen molar-refractivity contribution in [1.29, 1.82) is 0 Å². The fourth-order valence-corrected chi connectivity index (χ4v) is 2.07. The summed E-state index contributed by atoms with van der Waals surface area (Å²) in [4.78, 5) is 35.8. The summed E-state index contributed by atoms with van der Waals surface area (Å²) in [5, 5.41) is 5.11. The summed E-state index contributed by atoms with van der Waals surface area (Å²) in [5.41, 5.74) is 6.01. The zero-order valence-corrected chi connectivity index (χ0v) is 13.9. The van der Waals surface area contributed by atoms with Crippen molar-refractivity contribution in [3.8, 4) is 5.75 Å². The molecule has 132 valence electrons. The van der Waals surface area contributed by atoms with Gasteiger partial charge in [-0.25, -0.2) is 0 Å². The molecule has 0 bridgehead atoms. The molecule has 2 aromatic rings. The Bertz CT molecular complexity index is 771. The first kappa shape index (κ1) is 18.1. The Kier molecular flexibility index (Phi) is 5.78. The van der Waals surface area contributed by atoms with Crippen LogP contribution in [0.4, 0.5) is 5.69 Å². The maximum absolute atomic E-state index is 12.3. The normalized spacial score (nSPS) is 11.4. The van der Waals surface area contributed by atoms with Crippen molar-refractivity contribution in [2.75, 3.05) is 11.9 Å². The highest BCUT2D eigenvalue weighted by molar-refractivity contribution is 6.05. The van der Waals surface area contributed by atoms with Crippen LogP contribution in [0.3, 0.4) is 0 Å². The molecule has 8 heteroatoms. The maximum atomic E-state index is 12.3. The van der Waals surface area contributed by atoms with Crippen molar-refractivity contribution >= 4 is 23.4 Å². The number of carbonyl (C=O) groups is 3. The van der Waals surface area contributed by atoms with Gasteiger partial charge in [0.1, 0.15) is 18.1 Å². The lowest BCUT2D eigenvalue weighted by Crippen LogP contribution is -2.41. The molecule has 2 rings (SSSR count). The monoisotopic (exact) mass is 345 g/mol. The van der Waals surface area contributed by atoms with Gasteiger partial charge < -0.3 is 25.5 Å². The van der Waals surface area contributed by atoms with Gasteiger partial charge in [0.15, 0.2) is 0 Å². The molecule has 0 fully saturated rings. The van der Waals surface area contributed by atoms with Crippen LogP contribution in [0.1, 0.15) is 34.6 Å². The molecule has 4 N–H and O–H groups in total. The van der Waals surface area contributed by atoms with Gasteiger partial charge in [-0.15, -0.1) is 0 Å². The van der Waals surface area contributed by atoms with E-state index in [-0.39, 0.29) is 11.3 Å². The van der Waals surface area contributed by atoms with Crippen LogP contribution in [0.25, 0.3) is 0 Å². The van der Waals surface area contributed by atoms with Gasteiger partial charge >= 0.3 is 0 Å². The standard InChI is InChI=1S/C17H19N3O5/c1-3-25-12-4-5-14(13(8-12)15(18)21)20-16(22)10(2)19-17(23)11-6-7-24-9-11/h4-10H,3H2,1-2H3,(H2,18,21)(H,19,23)(H,20,22)/t10-/m1/s1. The molecular weight excluding hydrogens is 326 g/mol. The molecule has 1 atom stereocenters. The molecule has 0 saturated carbocycles. The molecule has 0 aliphatic carbocycles. The zero-order chi connectivity index (χ0) is 18.4. The second kappa shape index (κ2) is 8.00. The second-order valence-electron chi connectivity index (χ2n) is 5.20. The Balaban J connectivity index is 2.08. The number of furan rings is 1. The van der Waals surface area contributed by atoms with E-state index in [1.165, 1.54) is 37.6 Å². The molecular formula is C17H19N3O5. The third kappa shape index (κ3) is 4.60. The molecule has 0 aliphatic heterocycles. The number of ether oxygens (including phenoxy) is 1. The zero-order valence-electron chi connectivity index (χ0n) is 13.9. The van der Waals surface area contributed by atoms with Crippen LogP contribution in [-0.2, 0) is 4.79 Å². The highest BCUT2D eigenvalue weighted by Crippen LogP contribution is 2.22. The fraction of sp³-hybridized carbons (Fsp3) is 0.235. The molecule has 3 amide bonds. The third-order valence-corrected chi connectivity index (χ3v) is 3.35. The summed E-state index contributed by atoms with van der Waals surface area (Å²) in [6.45, 7) is 3.76. The number of anilines is 1. The SMILES string of the molecule is CCOc1ccc(NC(=O)[C@@H](C)NC(=O)c2ccoc2)c(C(N)=O)c1. The number of benzene rings is 1. The molecule has 1 heterocycles. The first-order chi connectivity index (χ1) is 11.9. The number of primary amides is 1. The molecule has 0 unspecified atom stereocenters. The van der Waals surface area contributed by atoms with Crippen LogP contribution in [-0.4, -0.2) is 30.4 Å². The first-order valence-corrected chi connectivity index (χ1v) is 7.63. The minimum Gasteiger partial charge on any atom is -0.494 e. The smallest absolute Gasteiger partial charge is 0.255 e. The number of nitrogens with one attached hydrogen (secondary N) is 2. The maximum Gasteiger partial charge on any atom is 0.255 e. The van der Waals surface area contributed by atoms with Gasteiger partial charge in [-0.2, -0.15) is 0 Å². The predicted molar refractivity (Wildman–Crippen MR) is 90.4 cm³/mol. The van der Waals surface area contributed by atoms with E-state index in [2.05, 4.69) is 10.6 Å².